The van der Waals surface area contributed by atoms with Gasteiger partial charge >= 0.3 is 11.9 Å². The van der Waals surface area contributed by atoms with Crippen molar-refractivity contribution in [1.29, 1.82) is 0 Å². The van der Waals surface area contributed by atoms with Crippen molar-refractivity contribution in [2.45, 2.75) is 221 Å². The predicted molar refractivity (Wildman–Crippen MR) is 281 cm³/mol. The van der Waals surface area contributed by atoms with E-state index >= 15 is 0 Å². The number of ether oxygens (including phenoxy) is 2. The van der Waals surface area contributed by atoms with Crippen LogP contribution in [0.25, 0.3) is 0 Å². The molecule has 2 fully saturated rings. The summed E-state index contributed by atoms with van der Waals surface area (Å²) in [5.41, 5.74) is 2.36. The van der Waals surface area contributed by atoms with E-state index in [1.54, 1.807) is 32.9 Å². The van der Waals surface area contributed by atoms with Crippen molar-refractivity contribution in [1.82, 2.24) is 0 Å². The maximum absolute atomic E-state index is 13.3. The van der Waals surface area contributed by atoms with Crippen LogP contribution in [0.1, 0.15) is 192 Å². The molecule has 0 aromatic heterocycles. The third-order valence-corrected chi connectivity index (χ3v) is 13.5. The van der Waals surface area contributed by atoms with Crippen molar-refractivity contribution in [3.05, 3.63) is 125 Å². The lowest BCUT2D eigenvalue weighted by Gasteiger charge is -2.56. The maximum atomic E-state index is 13.3. The maximum Gasteiger partial charge on any atom is 0.306 e. The van der Waals surface area contributed by atoms with Gasteiger partial charge in [-0.05, 0) is 116 Å². The third kappa shape index (κ3) is 20.7. The van der Waals surface area contributed by atoms with Crippen LogP contribution in [0.4, 0.5) is 0 Å². The Bertz CT molecular complexity index is 1980. The second kappa shape index (κ2) is 29.0. The molecule has 68 heavy (non-hydrogen) atoms. The highest BCUT2D eigenvalue weighted by atomic mass is 16.6. The van der Waals surface area contributed by atoms with Gasteiger partial charge in [0.25, 0.3) is 0 Å². The average molecular weight is 939 g/mol. The number of hydrogen-bond donors (Lipinski definition) is 3. The largest absolute Gasteiger partial charge is 0.462 e. The van der Waals surface area contributed by atoms with Gasteiger partial charge in [-0.1, -0.05) is 163 Å². The number of carbonyl (C=O) groups excluding carboxylic acids is 3. The van der Waals surface area contributed by atoms with Crippen LogP contribution in [0.3, 0.4) is 0 Å². The van der Waals surface area contributed by atoms with Crippen molar-refractivity contribution in [2.75, 3.05) is 0 Å². The van der Waals surface area contributed by atoms with Gasteiger partial charge in [0.05, 0.1) is 11.7 Å². The number of ketones is 1. The molecular formula is C60H90O8. The van der Waals surface area contributed by atoms with Crippen LogP contribution in [-0.4, -0.2) is 62.1 Å². The Labute approximate surface area is 412 Å². The van der Waals surface area contributed by atoms with Crippen molar-refractivity contribution >= 4 is 17.7 Å². The number of allylic oxidation sites excluding steroid dienone is 18. The Morgan fingerprint density at radius 3 is 1.82 bits per heavy atom. The zero-order valence-corrected chi connectivity index (χ0v) is 44.2. The zero-order chi connectivity index (χ0) is 51.0. The van der Waals surface area contributed by atoms with Gasteiger partial charge in [0.2, 0.25) is 0 Å². The van der Waals surface area contributed by atoms with Gasteiger partial charge in [-0.3, -0.25) is 14.4 Å². The van der Waals surface area contributed by atoms with Crippen molar-refractivity contribution in [2.24, 2.45) is 10.8 Å². The highest BCUT2D eigenvalue weighted by Gasteiger charge is 2.60. The topological polar surface area (TPSA) is 130 Å². The number of unbranched alkanes of at least 4 members (excludes halogenated alkanes) is 8. The summed E-state index contributed by atoms with van der Waals surface area (Å²) >= 11 is 0. The molecule has 0 amide bonds. The number of rotatable bonds is 26. The van der Waals surface area contributed by atoms with Gasteiger partial charge in [0, 0.05) is 43.6 Å². The molecule has 5 atom stereocenters. The predicted octanol–water partition coefficient (Wildman–Crippen LogP) is 14.0. The highest BCUT2D eigenvalue weighted by Crippen LogP contribution is 2.52. The van der Waals surface area contributed by atoms with Gasteiger partial charge in [-0.15, -0.1) is 5.73 Å². The third-order valence-electron chi connectivity index (χ3n) is 13.5. The van der Waals surface area contributed by atoms with E-state index in [1.807, 2.05) is 82.4 Å². The Balaban J connectivity index is 2.00. The smallest absolute Gasteiger partial charge is 0.306 e. The highest BCUT2D eigenvalue weighted by molar-refractivity contribution is 5.96. The molecule has 378 valence electrons. The van der Waals surface area contributed by atoms with Crippen molar-refractivity contribution in [3.63, 3.8) is 0 Å². The zero-order valence-electron chi connectivity index (χ0n) is 44.2. The molecule has 2 saturated carbocycles. The van der Waals surface area contributed by atoms with E-state index in [0.29, 0.717) is 31.3 Å². The molecule has 8 nitrogen and oxygen atoms in total. The van der Waals surface area contributed by atoms with Crippen LogP contribution >= 0.6 is 0 Å². The molecule has 0 saturated heterocycles. The first-order valence-corrected chi connectivity index (χ1v) is 25.4. The molecule has 0 aromatic rings. The molecule has 0 bridgehead atoms. The summed E-state index contributed by atoms with van der Waals surface area (Å²) in [7, 11) is 0. The van der Waals surface area contributed by atoms with E-state index in [-0.39, 0.29) is 36.7 Å². The van der Waals surface area contributed by atoms with Gasteiger partial charge in [0.1, 0.15) is 17.3 Å². The number of aliphatic hydroxyl groups is 3. The lowest BCUT2D eigenvalue weighted by Crippen LogP contribution is -2.66. The minimum Gasteiger partial charge on any atom is -0.462 e. The molecule has 0 heterocycles. The van der Waals surface area contributed by atoms with E-state index in [2.05, 4.69) is 50.8 Å². The Morgan fingerprint density at radius 2 is 1.24 bits per heavy atom. The Morgan fingerprint density at radius 1 is 0.676 bits per heavy atom. The van der Waals surface area contributed by atoms with E-state index in [4.69, 9.17) is 9.47 Å². The fraction of sp³-hybridized carbons (Fsp3) is 0.600. The van der Waals surface area contributed by atoms with Crippen molar-refractivity contribution < 1.29 is 39.2 Å². The van der Waals surface area contributed by atoms with Gasteiger partial charge in [0.15, 0.2) is 5.78 Å². The molecule has 0 aliphatic heterocycles. The van der Waals surface area contributed by atoms with E-state index in [0.717, 1.165) is 67.2 Å². The van der Waals surface area contributed by atoms with Crippen LogP contribution in [0.15, 0.2) is 125 Å². The summed E-state index contributed by atoms with van der Waals surface area (Å²) in [5.74, 6) is -0.832. The molecule has 2 rings (SSSR count). The van der Waals surface area contributed by atoms with Crippen LogP contribution in [0.5, 0.6) is 0 Å². The second-order valence-corrected chi connectivity index (χ2v) is 21.2. The summed E-state index contributed by atoms with van der Waals surface area (Å²) < 4.78 is 12.0. The molecule has 3 N–H and O–H groups in total. The normalized spacial score (nSPS) is 26.1. The number of Topliss-reactive ketones (excluding diaryl/α,β-unsaturated/α-hetero) is 1. The summed E-state index contributed by atoms with van der Waals surface area (Å²) in [6.07, 6.45) is 43.0. The molecule has 0 aromatic carbocycles. The Hall–Kier alpha value is -4.33. The summed E-state index contributed by atoms with van der Waals surface area (Å²) in [6, 6.07) is 0. The van der Waals surface area contributed by atoms with Crippen LogP contribution in [-0.2, 0) is 23.9 Å². The molecule has 5 unspecified atom stereocenters. The number of hydrogen-bond acceptors (Lipinski definition) is 8. The first kappa shape index (κ1) is 59.8. The first-order valence-electron chi connectivity index (χ1n) is 25.4. The van der Waals surface area contributed by atoms with Crippen LogP contribution in [0, 0.1) is 10.8 Å². The average Bonchev–Trinajstić information content (AvgIpc) is 3.21. The fourth-order valence-electron chi connectivity index (χ4n) is 9.67. The number of aliphatic hydroxyl groups excluding tert-OH is 1. The monoisotopic (exact) mass is 939 g/mol. The number of esters is 2. The Kier molecular flexibility index (Phi) is 25.5. The molecule has 2 aliphatic rings. The van der Waals surface area contributed by atoms with Gasteiger partial charge in [-0.2, -0.15) is 0 Å². The lowest BCUT2D eigenvalue weighted by molar-refractivity contribution is -0.243. The lowest BCUT2D eigenvalue weighted by atomic mass is 9.56. The molecular weight excluding hydrogens is 849 g/mol. The summed E-state index contributed by atoms with van der Waals surface area (Å²) in [5, 5.41) is 32.8. The standard InChI is InChI=1S/C60H90O8/c1-13-14-15-16-17-18-19-20-21-22-23-24-25-26-27-38-55(64)68-58(11)44-52(67-50(6)61)43-56(7,8)54(58)40-39-48(4)35-30-34-46(2)32-28-29-33-47(3)36-31-37-49(5)53(63)45-60(66)57(9,10)41-51(62)42-59(60,12)65/h17-18,20-21,28-37,39,51-52,62,65-66H,13-16,19,22-27,38,41-45H2,1-12H3/b18-17-,21-20-,29-28+,34-30+,36-31+,46-32+,47-33+,48-35+,49-37+. The minimum absolute atomic E-state index is 0.0139. The van der Waals surface area contributed by atoms with Crippen molar-refractivity contribution in [3.8, 4) is 0 Å². The molecule has 2 aliphatic carbocycles. The van der Waals surface area contributed by atoms with E-state index < -0.39 is 33.7 Å². The molecule has 8 heteroatoms. The van der Waals surface area contributed by atoms with Crippen LogP contribution in [0.2, 0.25) is 0 Å². The summed E-state index contributed by atoms with van der Waals surface area (Å²) in [6.45, 7) is 22.5. The van der Waals surface area contributed by atoms with Gasteiger partial charge in [-0.25, -0.2) is 0 Å². The second-order valence-electron chi connectivity index (χ2n) is 21.2. The quantitative estimate of drug-likeness (QED) is 0.0195. The minimum atomic E-state index is -1.67. The number of carbonyl (C=O) groups is 3. The van der Waals surface area contributed by atoms with Gasteiger partial charge < -0.3 is 24.8 Å². The molecule has 0 radical (unpaired) electrons. The fourth-order valence-corrected chi connectivity index (χ4v) is 9.67. The van der Waals surface area contributed by atoms with E-state index in [1.165, 1.54) is 39.5 Å². The SMILES string of the molecule is CCCCC/C=C\C/C=C\CCCCCCCC(=O)OC1(C)CC(OC(C)=O)CC(C)(C)C1=C=C/C(C)=C/C=C/C(C)=C/C=C/C=C(C)/C=C/C=C(\C)C(=O)CC1(O)C(C)(C)CC(O)CC1(C)O. The molecule has 0 spiro atoms. The van der Waals surface area contributed by atoms with E-state index in [9.17, 15) is 29.7 Å². The first-order chi connectivity index (χ1) is 31.9. The summed E-state index contributed by atoms with van der Waals surface area (Å²) in [4.78, 5) is 38.5. The van der Waals surface area contributed by atoms with Crippen LogP contribution < -0.4 is 0 Å².